The van der Waals surface area contributed by atoms with Gasteiger partial charge in [0.15, 0.2) is 0 Å². The van der Waals surface area contributed by atoms with Crippen molar-refractivity contribution in [2.24, 2.45) is 5.14 Å². The van der Waals surface area contributed by atoms with Crippen molar-refractivity contribution in [3.8, 4) is 5.69 Å². The standard InChI is InChI=1S/C7H7N5O2S/c8-15(13,14)7-3-1-6(2-4-7)12-5-9-10-11-12/h1-5H,(H2,8,13,14). The molecule has 2 N–H and O–H groups in total. The van der Waals surface area contributed by atoms with Crippen LogP contribution in [-0.2, 0) is 10.0 Å². The van der Waals surface area contributed by atoms with Crippen molar-refractivity contribution in [2.45, 2.75) is 4.90 Å². The zero-order valence-corrected chi connectivity index (χ0v) is 8.29. The summed E-state index contributed by atoms with van der Waals surface area (Å²) in [7, 11) is -3.65. The Morgan fingerprint density at radius 1 is 1.20 bits per heavy atom. The van der Waals surface area contributed by atoms with E-state index in [2.05, 4.69) is 15.5 Å². The van der Waals surface area contributed by atoms with E-state index in [0.717, 1.165) is 0 Å². The number of rotatable bonds is 2. The van der Waals surface area contributed by atoms with Crippen molar-refractivity contribution < 1.29 is 8.42 Å². The number of benzene rings is 1. The summed E-state index contributed by atoms with van der Waals surface area (Å²) in [5.74, 6) is 0. The fourth-order valence-corrected chi connectivity index (χ4v) is 1.58. The summed E-state index contributed by atoms with van der Waals surface area (Å²) < 4.78 is 23.3. The number of nitrogens with zero attached hydrogens (tertiary/aromatic N) is 4. The molecular weight excluding hydrogens is 218 g/mol. The fraction of sp³-hybridized carbons (Fsp3) is 0. The highest BCUT2D eigenvalue weighted by Gasteiger charge is 2.07. The monoisotopic (exact) mass is 225 g/mol. The van der Waals surface area contributed by atoms with Crippen molar-refractivity contribution in [3.63, 3.8) is 0 Å². The quantitative estimate of drug-likeness (QED) is 0.728. The molecule has 1 heterocycles. The van der Waals surface area contributed by atoms with Crippen LogP contribution in [0.5, 0.6) is 0 Å². The van der Waals surface area contributed by atoms with Crippen LogP contribution in [0.15, 0.2) is 35.5 Å². The molecule has 0 saturated heterocycles. The molecule has 2 rings (SSSR count). The first-order chi connectivity index (χ1) is 7.07. The van der Waals surface area contributed by atoms with Crippen LogP contribution in [0.1, 0.15) is 0 Å². The predicted octanol–water partition coefficient (Wildman–Crippen LogP) is -0.690. The average Bonchev–Trinajstić information content (AvgIpc) is 2.69. The molecule has 0 aliphatic rings. The summed E-state index contributed by atoms with van der Waals surface area (Å²) in [4.78, 5) is 0.0549. The molecule has 0 atom stereocenters. The van der Waals surface area contributed by atoms with E-state index in [4.69, 9.17) is 5.14 Å². The number of nitrogens with two attached hydrogens (primary N) is 1. The van der Waals surface area contributed by atoms with Crippen LogP contribution in [0, 0.1) is 0 Å². The Labute approximate surface area is 85.6 Å². The first-order valence-corrected chi connectivity index (χ1v) is 5.48. The number of sulfonamides is 1. The lowest BCUT2D eigenvalue weighted by molar-refractivity contribution is 0.598. The van der Waals surface area contributed by atoms with E-state index in [9.17, 15) is 8.42 Å². The van der Waals surface area contributed by atoms with Crippen molar-refractivity contribution in [3.05, 3.63) is 30.6 Å². The van der Waals surface area contributed by atoms with Gasteiger partial charge < -0.3 is 0 Å². The van der Waals surface area contributed by atoms with Gasteiger partial charge in [0.25, 0.3) is 0 Å². The lowest BCUT2D eigenvalue weighted by atomic mass is 10.3. The third-order valence-corrected chi connectivity index (χ3v) is 2.71. The lowest BCUT2D eigenvalue weighted by Gasteiger charge is -2.00. The average molecular weight is 225 g/mol. The van der Waals surface area contributed by atoms with Crippen molar-refractivity contribution in [1.29, 1.82) is 0 Å². The number of primary sulfonamides is 1. The summed E-state index contributed by atoms with van der Waals surface area (Å²) in [5, 5.41) is 15.5. The van der Waals surface area contributed by atoms with Crippen LogP contribution in [-0.4, -0.2) is 28.6 Å². The molecule has 0 radical (unpaired) electrons. The molecule has 15 heavy (non-hydrogen) atoms. The second-order valence-corrected chi connectivity index (χ2v) is 4.35. The third-order valence-electron chi connectivity index (χ3n) is 1.78. The number of tetrazole rings is 1. The van der Waals surface area contributed by atoms with Crippen molar-refractivity contribution >= 4 is 10.0 Å². The number of aromatic nitrogens is 4. The minimum atomic E-state index is -3.65. The molecule has 1 aromatic carbocycles. The Kier molecular flexibility index (Phi) is 2.21. The smallest absolute Gasteiger partial charge is 0.225 e. The topological polar surface area (TPSA) is 104 Å². The molecule has 0 amide bonds. The first kappa shape index (κ1) is 9.74. The third kappa shape index (κ3) is 2.00. The first-order valence-electron chi connectivity index (χ1n) is 3.93. The van der Waals surface area contributed by atoms with Gasteiger partial charge in [0, 0.05) is 0 Å². The van der Waals surface area contributed by atoms with E-state index in [0.29, 0.717) is 5.69 Å². The molecule has 1 aromatic heterocycles. The molecule has 78 valence electrons. The van der Waals surface area contributed by atoms with Crippen molar-refractivity contribution in [2.75, 3.05) is 0 Å². The molecule has 0 aliphatic heterocycles. The molecular formula is C7H7N5O2S. The van der Waals surface area contributed by atoms with E-state index in [-0.39, 0.29) is 4.90 Å². The maximum absolute atomic E-state index is 11.0. The SMILES string of the molecule is NS(=O)(=O)c1ccc(-n2cnnn2)cc1. The van der Waals surface area contributed by atoms with E-state index < -0.39 is 10.0 Å². The summed E-state index contributed by atoms with van der Waals surface area (Å²) in [6.45, 7) is 0. The van der Waals surface area contributed by atoms with Gasteiger partial charge in [-0.3, -0.25) is 0 Å². The molecule has 0 spiro atoms. The molecule has 2 aromatic rings. The maximum atomic E-state index is 11.0. The Hall–Kier alpha value is -1.80. The van der Waals surface area contributed by atoms with Crippen LogP contribution in [0.3, 0.4) is 0 Å². The van der Waals surface area contributed by atoms with E-state index in [1.165, 1.54) is 23.1 Å². The Morgan fingerprint density at radius 2 is 1.87 bits per heavy atom. The molecule has 0 aliphatic carbocycles. The highest BCUT2D eigenvalue weighted by molar-refractivity contribution is 7.89. The minimum absolute atomic E-state index is 0.0549. The van der Waals surface area contributed by atoms with Gasteiger partial charge in [-0.1, -0.05) is 0 Å². The maximum Gasteiger partial charge on any atom is 0.238 e. The van der Waals surface area contributed by atoms with Gasteiger partial charge in [0.05, 0.1) is 10.6 Å². The number of hydrogen-bond acceptors (Lipinski definition) is 5. The van der Waals surface area contributed by atoms with Gasteiger partial charge in [-0.05, 0) is 34.7 Å². The second kappa shape index (κ2) is 3.41. The lowest BCUT2D eigenvalue weighted by Crippen LogP contribution is -2.12. The molecule has 0 bridgehead atoms. The molecule has 0 unspecified atom stereocenters. The summed E-state index contributed by atoms with van der Waals surface area (Å²) in [5.41, 5.74) is 0.660. The normalized spacial score (nSPS) is 11.5. The molecule has 0 saturated carbocycles. The van der Waals surface area contributed by atoms with Crippen molar-refractivity contribution in [1.82, 2.24) is 20.2 Å². The van der Waals surface area contributed by atoms with Gasteiger partial charge >= 0.3 is 0 Å². The van der Waals surface area contributed by atoms with Gasteiger partial charge in [-0.25, -0.2) is 18.2 Å². The van der Waals surface area contributed by atoms with Crippen LogP contribution >= 0.6 is 0 Å². The van der Waals surface area contributed by atoms with Gasteiger partial charge in [-0.15, -0.1) is 5.10 Å². The molecule has 8 heteroatoms. The molecule has 7 nitrogen and oxygen atoms in total. The Balaban J connectivity index is 2.42. The van der Waals surface area contributed by atoms with Gasteiger partial charge in [0.1, 0.15) is 6.33 Å². The van der Waals surface area contributed by atoms with Gasteiger partial charge in [-0.2, -0.15) is 0 Å². The van der Waals surface area contributed by atoms with Crippen LogP contribution in [0.4, 0.5) is 0 Å². The zero-order valence-electron chi connectivity index (χ0n) is 7.48. The van der Waals surface area contributed by atoms with Crippen LogP contribution < -0.4 is 5.14 Å². The number of hydrogen-bond donors (Lipinski definition) is 1. The highest BCUT2D eigenvalue weighted by atomic mass is 32.2. The largest absolute Gasteiger partial charge is 0.238 e. The highest BCUT2D eigenvalue weighted by Crippen LogP contribution is 2.10. The van der Waals surface area contributed by atoms with Crippen LogP contribution in [0.25, 0.3) is 5.69 Å². The summed E-state index contributed by atoms with van der Waals surface area (Å²) in [6, 6.07) is 5.92. The summed E-state index contributed by atoms with van der Waals surface area (Å²) >= 11 is 0. The zero-order chi connectivity index (χ0) is 10.9. The Bertz CT molecular complexity index is 546. The van der Waals surface area contributed by atoms with Crippen LogP contribution in [0.2, 0.25) is 0 Å². The fourth-order valence-electron chi connectivity index (χ4n) is 1.07. The second-order valence-electron chi connectivity index (χ2n) is 2.79. The summed E-state index contributed by atoms with van der Waals surface area (Å²) in [6.07, 6.45) is 1.41. The molecule has 0 fully saturated rings. The predicted molar refractivity (Wildman–Crippen MR) is 50.5 cm³/mol. The van der Waals surface area contributed by atoms with E-state index >= 15 is 0 Å². The van der Waals surface area contributed by atoms with E-state index in [1.54, 1.807) is 12.1 Å². The Morgan fingerprint density at radius 3 is 2.33 bits per heavy atom. The van der Waals surface area contributed by atoms with Gasteiger partial charge in [0.2, 0.25) is 10.0 Å². The van der Waals surface area contributed by atoms with E-state index in [1.807, 2.05) is 0 Å². The minimum Gasteiger partial charge on any atom is -0.225 e.